The molecule has 106 valence electrons. The SMILES string of the molecule is CC(C)n1c(=O)nc(-c2ccccc2)c2ccc(O)cc21. The van der Waals surface area contributed by atoms with Crippen LogP contribution >= 0.6 is 0 Å². The molecule has 4 heteroatoms. The van der Waals surface area contributed by atoms with Gasteiger partial charge >= 0.3 is 5.69 Å². The number of nitrogens with zero attached hydrogens (tertiary/aromatic N) is 2. The average Bonchev–Trinajstić information content (AvgIpc) is 2.46. The lowest BCUT2D eigenvalue weighted by Gasteiger charge is -2.15. The van der Waals surface area contributed by atoms with E-state index in [1.807, 2.05) is 44.2 Å². The molecule has 1 N–H and O–H groups in total. The Bertz CT molecular complexity index is 852. The van der Waals surface area contributed by atoms with E-state index in [0.717, 1.165) is 10.9 Å². The highest BCUT2D eigenvalue weighted by Gasteiger charge is 2.14. The van der Waals surface area contributed by atoms with Gasteiger partial charge in [-0.1, -0.05) is 30.3 Å². The highest BCUT2D eigenvalue weighted by molar-refractivity contribution is 5.93. The fourth-order valence-electron chi connectivity index (χ4n) is 2.55. The van der Waals surface area contributed by atoms with Gasteiger partial charge in [0.15, 0.2) is 0 Å². The van der Waals surface area contributed by atoms with Gasteiger partial charge in [0.1, 0.15) is 5.75 Å². The van der Waals surface area contributed by atoms with Gasteiger partial charge in [0.05, 0.1) is 11.2 Å². The zero-order chi connectivity index (χ0) is 15.0. The lowest BCUT2D eigenvalue weighted by atomic mass is 10.1. The molecule has 0 saturated carbocycles. The quantitative estimate of drug-likeness (QED) is 0.783. The third kappa shape index (κ3) is 2.29. The van der Waals surface area contributed by atoms with Gasteiger partial charge in [0.2, 0.25) is 0 Å². The highest BCUT2D eigenvalue weighted by atomic mass is 16.3. The molecule has 2 aromatic carbocycles. The Balaban J connectivity index is 2.44. The van der Waals surface area contributed by atoms with Crippen LogP contribution in [0.1, 0.15) is 19.9 Å². The first-order valence-electron chi connectivity index (χ1n) is 6.88. The molecule has 1 heterocycles. The largest absolute Gasteiger partial charge is 0.508 e. The predicted molar refractivity (Wildman–Crippen MR) is 83.5 cm³/mol. The third-order valence-electron chi connectivity index (χ3n) is 3.47. The van der Waals surface area contributed by atoms with Crippen molar-refractivity contribution in [2.45, 2.75) is 19.9 Å². The lowest BCUT2D eigenvalue weighted by molar-refractivity contribution is 0.475. The summed E-state index contributed by atoms with van der Waals surface area (Å²) in [6, 6.07) is 14.6. The van der Waals surface area contributed by atoms with Crippen molar-refractivity contribution in [3.05, 3.63) is 59.0 Å². The fourth-order valence-corrected chi connectivity index (χ4v) is 2.55. The van der Waals surface area contributed by atoms with Gasteiger partial charge in [-0.2, -0.15) is 4.98 Å². The van der Waals surface area contributed by atoms with E-state index in [1.165, 1.54) is 0 Å². The molecule has 0 fully saturated rings. The molecule has 0 amide bonds. The minimum Gasteiger partial charge on any atom is -0.508 e. The molecule has 0 unspecified atom stereocenters. The van der Waals surface area contributed by atoms with E-state index in [2.05, 4.69) is 4.98 Å². The molecule has 0 atom stereocenters. The third-order valence-corrected chi connectivity index (χ3v) is 3.47. The first kappa shape index (κ1) is 13.4. The molecule has 0 aliphatic rings. The number of phenols is 1. The number of fused-ring (bicyclic) bond motifs is 1. The van der Waals surface area contributed by atoms with Crippen molar-refractivity contribution in [2.75, 3.05) is 0 Å². The molecule has 1 aromatic heterocycles. The standard InChI is InChI=1S/C17H16N2O2/c1-11(2)19-15-10-13(20)8-9-14(15)16(18-17(19)21)12-6-4-3-5-7-12/h3-11,20H,1-2H3. The lowest BCUT2D eigenvalue weighted by Crippen LogP contribution is -2.25. The first-order chi connectivity index (χ1) is 10.1. The summed E-state index contributed by atoms with van der Waals surface area (Å²) in [5.41, 5.74) is 1.93. The van der Waals surface area contributed by atoms with Crippen LogP contribution in [0.5, 0.6) is 5.75 Å². The maximum Gasteiger partial charge on any atom is 0.348 e. The van der Waals surface area contributed by atoms with E-state index in [-0.39, 0.29) is 17.5 Å². The maximum atomic E-state index is 12.4. The molecule has 0 spiro atoms. The summed E-state index contributed by atoms with van der Waals surface area (Å²) in [5, 5.41) is 10.6. The van der Waals surface area contributed by atoms with E-state index in [0.29, 0.717) is 11.2 Å². The molecule has 0 aliphatic carbocycles. The summed E-state index contributed by atoms with van der Waals surface area (Å²) in [7, 11) is 0. The number of hydrogen-bond acceptors (Lipinski definition) is 3. The number of benzene rings is 2. The number of aromatic nitrogens is 2. The van der Waals surface area contributed by atoms with E-state index in [9.17, 15) is 9.90 Å². The summed E-state index contributed by atoms with van der Waals surface area (Å²) in [4.78, 5) is 16.6. The Morgan fingerprint density at radius 2 is 1.81 bits per heavy atom. The highest BCUT2D eigenvalue weighted by Crippen LogP contribution is 2.28. The van der Waals surface area contributed by atoms with Crippen LogP contribution in [0.15, 0.2) is 53.3 Å². The normalized spacial score (nSPS) is 11.2. The fraction of sp³-hybridized carbons (Fsp3) is 0.176. The van der Waals surface area contributed by atoms with Crippen molar-refractivity contribution in [1.29, 1.82) is 0 Å². The van der Waals surface area contributed by atoms with Crippen LogP contribution in [0.4, 0.5) is 0 Å². The van der Waals surface area contributed by atoms with Gasteiger partial charge < -0.3 is 5.11 Å². The van der Waals surface area contributed by atoms with Crippen molar-refractivity contribution < 1.29 is 5.11 Å². The Morgan fingerprint density at radius 1 is 1.10 bits per heavy atom. The molecular formula is C17H16N2O2. The number of phenolic OH excluding ortho intramolecular Hbond substituents is 1. The molecule has 21 heavy (non-hydrogen) atoms. The number of aromatic hydroxyl groups is 1. The van der Waals surface area contributed by atoms with Crippen LogP contribution in [0, 0.1) is 0 Å². The monoisotopic (exact) mass is 280 g/mol. The van der Waals surface area contributed by atoms with Gasteiger partial charge in [0.25, 0.3) is 0 Å². The molecule has 3 aromatic rings. The molecule has 4 nitrogen and oxygen atoms in total. The summed E-state index contributed by atoms with van der Waals surface area (Å²) < 4.78 is 1.60. The van der Waals surface area contributed by atoms with Crippen molar-refractivity contribution >= 4 is 10.9 Å². The zero-order valence-electron chi connectivity index (χ0n) is 11.9. The van der Waals surface area contributed by atoms with E-state index < -0.39 is 0 Å². The molecule has 3 rings (SSSR count). The minimum atomic E-state index is -0.304. The van der Waals surface area contributed by atoms with Gasteiger partial charge in [0, 0.05) is 23.1 Å². The second kappa shape index (κ2) is 5.05. The Hall–Kier alpha value is -2.62. The Kier molecular flexibility index (Phi) is 3.22. The smallest absolute Gasteiger partial charge is 0.348 e. The topological polar surface area (TPSA) is 55.1 Å². The second-order valence-corrected chi connectivity index (χ2v) is 5.27. The maximum absolute atomic E-state index is 12.4. The summed E-state index contributed by atoms with van der Waals surface area (Å²) in [5.74, 6) is 0.140. The van der Waals surface area contributed by atoms with Crippen LogP contribution in [0.3, 0.4) is 0 Å². The predicted octanol–water partition coefficient (Wildman–Crippen LogP) is 3.35. The Labute approximate surface area is 122 Å². The second-order valence-electron chi connectivity index (χ2n) is 5.27. The van der Waals surface area contributed by atoms with Crippen molar-refractivity contribution in [2.24, 2.45) is 0 Å². The van der Waals surface area contributed by atoms with Crippen molar-refractivity contribution in [3.63, 3.8) is 0 Å². The molecule has 0 saturated heterocycles. The Morgan fingerprint density at radius 3 is 2.48 bits per heavy atom. The van der Waals surface area contributed by atoms with Gasteiger partial charge in [-0.15, -0.1) is 0 Å². The summed E-state index contributed by atoms with van der Waals surface area (Å²) in [6.07, 6.45) is 0. The zero-order valence-corrected chi connectivity index (χ0v) is 11.9. The summed E-state index contributed by atoms with van der Waals surface area (Å²) >= 11 is 0. The van der Waals surface area contributed by atoms with Crippen LogP contribution in [-0.4, -0.2) is 14.7 Å². The van der Waals surface area contributed by atoms with Crippen LogP contribution < -0.4 is 5.69 Å². The van der Waals surface area contributed by atoms with Gasteiger partial charge in [-0.05, 0) is 26.0 Å². The summed E-state index contributed by atoms with van der Waals surface area (Å²) in [6.45, 7) is 3.85. The molecule has 0 aliphatic heterocycles. The van der Waals surface area contributed by atoms with Crippen molar-refractivity contribution in [1.82, 2.24) is 9.55 Å². The van der Waals surface area contributed by atoms with E-state index >= 15 is 0 Å². The average molecular weight is 280 g/mol. The van der Waals surface area contributed by atoms with Gasteiger partial charge in [-0.3, -0.25) is 4.57 Å². The number of hydrogen-bond donors (Lipinski definition) is 1. The van der Waals surface area contributed by atoms with Gasteiger partial charge in [-0.25, -0.2) is 4.79 Å². The molecule has 0 radical (unpaired) electrons. The van der Waals surface area contributed by atoms with E-state index in [1.54, 1.807) is 22.8 Å². The molecule has 0 bridgehead atoms. The number of rotatable bonds is 2. The van der Waals surface area contributed by atoms with E-state index in [4.69, 9.17) is 0 Å². The first-order valence-corrected chi connectivity index (χ1v) is 6.88. The van der Waals surface area contributed by atoms with Crippen LogP contribution in [0.2, 0.25) is 0 Å². The minimum absolute atomic E-state index is 0.0286. The molecular weight excluding hydrogens is 264 g/mol. The van der Waals surface area contributed by atoms with Crippen molar-refractivity contribution in [3.8, 4) is 17.0 Å². The van der Waals surface area contributed by atoms with Crippen LogP contribution in [0.25, 0.3) is 22.2 Å². The van der Waals surface area contributed by atoms with Crippen LogP contribution in [-0.2, 0) is 0 Å².